The standard InChI is InChI=1S/C29H22F2N8O2/c30-19-3-1-4-20(12-19)41-21-7-8-22(23(31)13-21)26-25-27(33)35-16-36-28(25)39(37-26)15-24-34-9-2-10-38(24)29(40)18(14-32)11-17-5-6-17/h1-4,7-13,16-17,24H,5-6,15H2,(H2,33,35,36)/b18-11+/t24-/m0/s1. The van der Waals surface area contributed by atoms with E-state index in [0.717, 1.165) is 18.9 Å². The van der Waals surface area contributed by atoms with Crippen LogP contribution in [0.4, 0.5) is 14.6 Å². The number of amides is 1. The maximum atomic E-state index is 15.4. The summed E-state index contributed by atoms with van der Waals surface area (Å²) in [6, 6.07) is 11.7. The Hall–Kier alpha value is -5.44. The lowest BCUT2D eigenvalue weighted by Crippen LogP contribution is -2.40. The van der Waals surface area contributed by atoms with Crippen molar-refractivity contribution < 1.29 is 18.3 Å². The van der Waals surface area contributed by atoms with Gasteiger partial charge in [0, 0.05) is 30.1 Å². The Morgan fingerprint density at radius 3 is 2.76 bits per heavy atom. The van der Waals surface area contributed by atoms with Crippen LogP contribution in [0.25, 0.3) is 22.3 Å². The molecule has 0 radical (unpaired) electrons. The zero-order valence-electron chi connectivity index (χ0n) is 21.5. The van der Waals surface area contributed by atoms with Gasteiger partial charge in [0.25, 0.3) is 5.91 Å². The summed E-state index contributed by atoms with van der Waals surface area (Å²) in [4.78, 5) is 27.4. The number of rotatable bonds is 7. The first-order chi connectivity index (χ1) is 19.9. The minimum Gasteiger partial charge on any atom is -0.457 e. The minimum atomic E-state index is -0.748. The lowest BCUT2D eigenvalue weighted by atomic mass is 10.1. The van der Waals surface area contributed by atoms with Crippen LogP contribution in [0.5, 0.6) is 11.5 Å². The van der Waals surface area contributed by atoms with Gasteiger partial charge in [0.05, 0.1) is 11.9 Å². The molecule has 1 fully saturated rings. The number of nitrogen functional groups attached to an aromatic ring is 1. The van der Waals surface area contributed by atoms with E-state index in [1.165, 1.54) is 46.2 Å². The molecule has 0 spiro atoms. The molecule has 2 aliphatic rings. The van der Waals surface area contributed by atoms with Crippen molar-refractivity contribution in [2.75, 3.05) is 5.73 Å². The van der Waals surface area contributed by atoms with E-state index in [2.05, 4.69) is 20.1 Å². The van der Waals surface area contributed by atoms with Crippen molar-refractivity contribution in [2.24, 2.45) is 10.9 Å². The second kappa shape index (κ2) is 10.6. The smallest absolute Gasteiger partial charge is 0.269 e. The molecule has 1 amide bonds. The zero-order valence-corrected chi connectivity index (χ0v) is 21.5. The molecule has 12 heteroatoms. The summed E-state index contributed by atoms with van der Waals surface area (Å²) in [7, 11) is 0. The van der Waals surface area contributed by atoms with Crippen LogP contribution in [-0.4, -0.2) is 42.9 Å². The number of carbonyl (C=O) groups excluding carboxylic acids is 1. The molecule has 4 aromatic rings. The van der Waals surface area contributed by atoms with E-state index in [1.807, 2.05) is 6.07 Å². The lowest BCUT2D eigenvalue weighted by molar-refractivity contribution is -0.126. The number of benzene rings is 2. The van der Waals surface area contributed by atoms with Crippen LogP contribution in [0.2, 0.25) is 0 Å². The second-order valence-corrected chi connectivity index (χ2v) is 9.55. The van der Waals surface area contributed by atoms with Gasteiger partial charge in [-0.1, -0.05) is 12.1 Å². The average molecular weight is 553 g/mol. The van der Waals surface area contributed by atoms with Gasteiger partial charge in [0.2, 0.25) is 0 Å². The summed E-state index contributed by atoms with van der Waals surface area (Å²) >= 11 is 0. The molecule has 2 aromatic carbocycles. The molecule has 204 valence electrons. The number of fused-ring (bicyclic) bond motifs is 1. The van der Waals surface area contributed by atoms with Gasteiger partial charge in [-0.25, -0.2) is 23.4 Å². The summed E-state index contributed by atoms with van der Waals surface area (Å²) in [6.45, 7) is 0.0457. The fourth-order valence-corrected chi connectivity index (χ4v) is 4.50. The summed E-state index contributed by atoms with van der Waals surface area (Å²) in [6.07, 6.45) is 8.85. The molecule has 0 bridgehead atoms. The fraction of sp³-hybridized carbons (Fsp3) is 0.172. The Morgan fingerprint density at radius 2 is 2.00 bits per heavy atom. The summed E-state index contributed by atoms with van der Waals surface area (Å²) in [5.74, 6) is -0.895. The third-order valence-electron chi connectivity index (χ3n) is 6.64. The van der Waals surface area contributed by atoms with Gasteiger partial charge in [0.1, 0.15) is 58.8 Å². The highest BCUT2D eigenvalue weighted by atomic mass is 19.1. The zero-order chi connectivity index (χ0) is 28.5. The van der Waals surface area contributed by atoms with Gasteiger partial charge in [-0.3, -0.25) is 14.7 Å². The van der Waals surface area contributed by atoms with E-state index in [9.17, 15) is 14.4 Å². The SMILES string of the molecule is N#C/C(=C\C1CC1)C(=O)N1C=CC=N[C@@H]1Cn1nc(-c2ccc(Oc3cccc(F)c3)cc2F)c2c(N)ncnc21. The third kappa shape index (κ3) is 5.25. The highest BCUT2D eigenvalue weighted by Crippen LogP contribution is 2.35. The predicted octanol–water partition coefficient (Wildman–Crippen LogP) is 4.76. The maximum Gasteiger partial charge on any atom is 0.269 e. The molecule has 1 aliphatic carbocycles. The third-order valence-corrected chi connectivity index (χ3v) is 6.64. The Morgan fingerprint density at radius 1 is 1.17 bits per heavy atom. The van der Waals surface area contributed by atoms with Crippen LogP contribution in [0, 0.1) is 28.9 Å². The fourth-order valence-electron chi connectivity index (χ4n) is 4.50. The molecule has 10 nitrogen and oxygen atoms in total. The number of nitriles is 1. The molecule has 1 saturated carbocycles. The van der Waals surface area contributed by atoms with Crippen LogP contribution >= 0.6 is 0 Å². The molecule has 2 aromatic heterocycles. The van der Waals surface area contributed by atoms with E-state index in [1.54, 1.807) is 30.6 Å². The first-order valence-corrected chi connectivity index (χ1v) is 12.8. The van der Waals surface area contributed by atoms with Gasteiger partial charge in [-0.2, -0.15) is 10.4 Å². The molecular weight excluding hydrogens is 530 g/mol. The van der Waals surface area contributed by atoms with Gasteiger partial charge in [-0.15, -0.1) is 0 Å². The van der Waals surface area contributed by atoms with E-state index in [0.29, 0.717) is 11.0 Å². The second-order valence-electron chi connectivity index (χ2n) is 9.55. The van der Waals surface area contributed by atoms with E-state index >= 15 is 4.39 Å². The van der Waals surface area contributed by atoms with Crippen molar-refractivity contribution >= 4 is 29.0 Å². The number of halogens is 2. The van der Waals surface area contributed by atoms with Crippen molar-refractivity contribution in [3.05, 3.63) is 84.4 Å². The Kier molecular flexibility index (Phi) is 6.68. The number of ether oxygens (including phenoxy) is 1. The Bertz CT molecular complexity index is 1800. The number of nitrogens with two attached hydrogens (primary N) is 1. The number of anilines is 1. The van der Waals surface area contributed by atoms with Crippen molar-refractivity contribution in [1.29, 1.82) is 5.26 Å². The highest BCUT2D eigenvalue weighted by Gasteiger charge is 2.30. The molecule has 2 N–H and O–H groups in total. The largest absolute Gasteiger partial charge is 0.457 e. The summed E-state index contributed by atoms with van der Waals surface area (Å²) in [5.41, 5.74) is 6.86. The topological polar surface area (TPSA) is 135 Å². The first-order valence-electron chi connectivity index (χ1n) is 12.8. The molecule has 41 heavy (non-hydrogen) atoms. The van der Waals surface area contributed by atoms with Crippen LogP contribution < -0.4 is 10.5 Å². The van der Waals surface area contributed by atoms with Crippen molar-refractivity contribution in [1.82, 2.24) is 24.6 Å². The van der Waals surface area contributed by atoms with Crippen LogP contribution in [-0.2, 0) is 11.3 Å². The molecule has 0 unspecified atom stereocenters. The summed E-state index contributed by atoms with van der Waals surface area (Å²) < 4.78 is 36.1. The van der Waals surface area contributed by atoms with Crippen LogP contribution in [0.1, 0.15) is 12.8 Å². The number of hydrogen-bond donors (Lipinski definition) is 1. The van der Waals surface area contributed by atoms with Gasteiger partial charge >= 0.3 is 0 Å². The van der Waals surface area contributed by atoms with E-state index < -0.39 is 23.7 Å². The monoisotopic (exact) mass is 552 g/mol. The molecule has 1 atom stereocenters. The van der Waals surface area contributed by atoms with E-state index in [4.69, 9.17) is 10.5 Å². The molecule has 0 saturated heterocycles. The molecule has 3 heterocycles. The van der Waals surface area contributed by atoms with Gasteiger partial charge < -0.3 is 10.5 Å². The average Bonchev–Trinajstić information content (AvgIpc) is 3.72. The quantitative estimate of drug-likeness (QED) is 0.258. The van der Waals surface area contributed by atoms with Crippen molar-refractivity contribution in [3.63, 3.8) is 0 Å². The maximum absolute atomic E-state index is 15.4. The number of allylic oxidation sites excluding steroid dienone is 2. The minimum absolute atomic E-state index is 0.0457. The Balaban J connectivity index is 1.33. The highest BCUT2D eigenvalue weighted by molar-refractivity contribution is 5.99. The van der Waals surface area contributed by atoms with Crippen molar-refractivity contribution in [2.45, 2.75) is 25.6 Å². The predicted molar refractivity (Wildman–Crippen MR) is 146 cm³/mol. The summed E-state index contributed by atoms with van der Waals surface area (Å²) in [5, 5.41) is 14.5. The van der Waals surface area contributed by atoms with Gasteiger partial charge in [-0.05, 0) is 49.1 Å². The number of carbonyl (C=O) groups is 1. The van der Waals surface area contributed by atoms with Crippen LogP contribution in [0.15, 0.2) is 77.7 Å². The number of aliphatic imine (C=N–C) groups is 1. The number of aromatic nitrogens is 4. The molecule has 6 rings (SSSR count). The number of nitrogens with zero attached hydrogens (tertiary/aromatic N) is 7. The normalized spacial score (nSPS) is 16.7. The van der Waals surface area contributed by atoms with E-state index in [-0.39, 0.29) is 46.6 Å². The first kappa shape index (κ1) is 25.8. The van der Waals surface area contributed by atoms with Crippen LogP contribution in [0.3, 0.4) is 0 Å². The lowest BCUT2D eigenvalue weighted by Gasteiger charge is -2.27. The van der Waals surface area contributed by atoms with Crippen molar-refractivity contribution in [3.8, 4) is 28.8 Å². The number of hydrogen-bond acceptors (Lipinski definition) is 8. The Labute approximate surface area is 232 Å². The molecular formula is C29H22F2N8O2. The van der Waals surface area contributed by atoms with Gasteiger partial charge in [0.15, 0.2) is 5.65 Å². The molecule has 1 aliphatic heterocycles.